The van der Waals surface area contributed by atoms with Gasteiger partial charge in [0, 0.05) is 26.2 Å². The molecule has 0 aliphatic heterocycles. The third-order valence-electron chi connectivity index (χ3n) is 3.56. The van der Waals surface area contributed by atoms with Crippen molar-refractivity contribution in [3.05, 3.63) is 51.7 Å². The van der Waals surface area contributed by atoms with Crippen LogP contribution in [0.5, 0.6) is 0 Å². The Morgan fingerprint density at radius 2 is 2.08 bits per heavy atom. The minimum absolute atomic E-state index is 0.111. The minimum atomic E-state index is -0.233. The highest BCUT2D eigenvalue weighted by molar-refractivity contribution is 7.11. The van der Waals surface area contributed by atoms with E-state index in [0.29, 0.717) is 36.9 Å². The highest BCUT2D eigenvalue weighted by Gasteiger charge is 2.10. The van der Waals surface area contributed by atoms with E-state index >= 15 is 0 Å². The predicted molar refractivity (Wildman–Crippen MR) is 103 cm³/mol. The zero-order chi connectivity index (χ0) is 18.8. The molecule has 2 rings (SSSR count). The van der Waals surface area contributed by atoms with E-state index in [-0.39, 0.29) is 11.7 Å². The van der Waals surface area contributed by atoms with Gasteiger partial charge in [0.05, 0.1) is 11.2 Å². The summed E-state index contributed by atoms with van der Waals surface area (Å²) in [5.41, 5.74) is 3.32. The summed E-state index contributed by atoms with van der Waals surface area (Å²) in [6.07, 6.45) is 0.662. The van der Waals surface area contributed by atoms with Gasteiger partial charge in [0.2, 0.25) is 0 Å². The number of halogens is 1. The number of aliphatic imine (C=N–C) groups is 1. The van der Waals surface area contributed by atoms with Gasteiger partial charge in [0.15, 0.2) is 5.96 Å². The summed E-state index contributed by atoms with van der Waals surface area (Å²) in [6.45, 7) is 6.11. The molecule has 1 aromatic heterocycles. The molecule has 0 saturated heterocycles. The van der Waals surface area contributed by atoms with Crippen molar-refractivity contribution >= 4 is 23.2 Å². The van der Waals surface area contributed by atoms with E-state index in [1.54, 1.807) is 11.6 Å². The van der Waals surface area contributed by atoms with E-state index in [2.05, 4.69) is 25.9 Å². The summed E-state index contributed by atoms with van der Waals surface area (Å²) in [5.74, 6) is 0.329. The van der Waals surface area contributed by atoms with Crippen molar-refractivity contribution in [1.29, 1.82) is 0 Å². The van der Waals surface area contributed by atoms with E-state index in [0.717, 1.165) is 17.8 Å². The Kier molecular flexibility index (Phi) is 8.01. The first-order valence-electron chi connectivity index (χ1n) is 8.55. The topological polar surface area (TPSA) is 78.4 Å². The molecule has 1 aromatic carbocycles. The molecule has 0 saturated carbocycles. The number of hydrogen-bond donors (Lipinski definition) is 3. The third-order valence-corrected chi connectivity index (χ3v) is 4.49. The molecular weight excluding hydrogens is 353 g/mol. The van der Waals surface area contributed by atoms with Gasteiger partial charge in [-0.2, -0.15) is 0 Å². The number of aryl methyl sites for hydroxylation is 1. The molecule has 1 heterocycles. The lowest BCUT2D eigenvalue weighted by atomic mass is 10.1. The van der Waals surface area contributed by atoms with E-state index in [4.69, 9.17) is 0 Å². The molecule has 140 valence electrons. The standard InChI is InChI=1S/C18H24FN5OS/c1-3-20-18(22-8-7-14-5-4-6-15(19)11-14)23-10-9-21-17(25)16-13(2)24-12-26-16/h4-6,11-12H,3,7-10H2,1-2H3,(H,21,25)(H2,20,22,23). The second-order valence-corrected chi connectivity index (χ2v) is 6.44. The van der Waals surface area contributed by atoms with Crippen molar-refractivity contribution in [2.45, 2.75) is 20.3 Å². The van der Waals surface area contributed by atoms with Crippen LogP contribution < -0.4 is 16.0 Å². The van der Waals surface area contributed by atoms with Gasteiger partial charge in [-0.15, -0.1) is 11.3 Å². The average molecular weight is 377 g/mol. The van der Waals surface area contributed by atoms with Gasteiger partial charge in [-0.1, -0.05) is 12.1 Å². The minimum Gasteiger partial charge on any atom is -0.357 e. The normalized spacial score (nSPS) is 11.3. The van der Waals surface area contributed by atoms with Gasteiger partial charge in [-0.25, -0.2) is 9.37 Å². The van der Waals surface area contributed by atoms with E-state index in [1.807, 2.05) is 19.9 Å². The molecule has 0 fully saturated rings. The lowest BCUT2D eigenvalue weighted by Gasteiger charge is -2.11. The van der Waals surface area contributed by atoms with Crippen LogP contribution in [0.4, 0.5) is 4.39 Å². The zero-order valence-corrected chi connectivity index (χ0v) is 15.8. The van der Waals surface area contributed by atoms with Gasteiger partial charge in [0.1, 0.15) is 10.7 Å². The molecule has 2 aromatic rings. The summed E-state index contributed by atoms with van der Waals surface area (Å²) in [6, 6.07) is 6.54. The van der Waals surface area contributed by atoms with Crippen molar-refractivity contribution in [2.75, 3.05) is 26.2 Å². The van der Waals surface area contributed by atoms with Crippen LogP contribution in [0.15, 0.2) is 34.8 Å². The number of guanidine groups is 1. The van der Waals surface area contributed by atoms with Crippen LogP contribution in [-0.2, 0) is 6.42 Å². The molecule has 0 aliphatic rings. The highest BCUT2D eigenvalue weighted by atomic mass is 32.1. The first-order valence-corrected chi connectivity index (χ1v) is 9.43. The number of rotatable bonds is 8. The van der Waals surface area contributed by atoms with Crippen LogP contribution in [0.25, 0.3) is 0 Å². The predicted octanol–water partition coefficient (Wildman–Crippen LogP) is 2.12. The molecule has 0 radical (unpaired) electrons. The number of nitrogens with one attached hydrogen (secondary N) is 3. The SMILES string of the molecule is CCNC(=NCCc1cccc(F)c1)NCCNC(=O)c1scnc1C. The molecule has 8 heteroatoms. The maximum atomic E-state index is 13.2. The van der Waals surface area contributed by atoms with Crippen LogP contribution in [0.2, 0.25) is 0 Å². The van der Waals surface area contributed by atoms with E-state index < -0.39 is 0 Å². The highest BCUT2D eigenvalue weighted by Crippen LogP contribution is 2.11. The summed E-state index contributed by atoms with van der Waals surface area (Å²) in [7, 11) is 0. The second-order valence-electron chi connectivity index (χ2n) is 5.59. The van der Waals surface area contributed by atoms with Crippen molar-refractivity contribution in [3.8, 4) is 0 Å². The van der Waals surface area contributed by atoms with Crippen molar-refractivity contribution in [1.82, 2.24) is 20.9 Å². The molecule has 0 spiro atoms. The molecule has 0 bridgehead atoms. The molecule has 1 amide bonds. The van der Waals surface area contributed by atoms with Crippen LogP contribution in [0.1, 0.15) is 27.9 Å². The maximum absolute atomic E-state index is 13.2. The molecule has 26 heavy (non-hydrogen) atoms. The Balaban J connectivity index is 1.74. The number of benzene rings is 1. The van der Waals surface area contributed by atoms with Crippen molar-refractivity contribution in [2.24, 2.45) is 4.99 Å². The fourth-order valence-electron chi connectivity index (χ4n) is 2.29. The molecule has 6 nitrogen and oxygen atoms in total. The number of hydrogen-bond acceptors (Lipinski definition) is 4. The largest absolute Gasteiger partial charge is 0.357 e. The second kappa shape index (κ2) is 10.5. The van der Waals surface area contributed by atoms with Gasteiger partial charge in [-0.3, -0.25) is 9.79 Å². The van der Waals surface area contributed by atoms with Gasteiger partial charge < -0.3 is 16.0 Å². The summed E-state index contributed by atoms with van der Waals surface area (Å²) in [4.78, 5) is 21.2. The molecule has 0 atom stereocenters. The summed E-state index contributed by atoms with van der Waals surface area (Å²) >= 11 is 1.33. The number of carbonyl (C=O) groups excluding carboxylic acids is 1. The first-order chi connectivity index (χ1) is 12.6. The number of nitrogens with zero attached hydrogens (tertiary/aromatic N) is 2. The lowest BCUT2D eigenvalue weighted by Crippen LogP contribution is -2.41. The van der Waals surface area contributed by atoms with Crippen LogP contribution >= 0.6 is 11.3 Å². The zero-order valence-electron chi connectivity index (χ0n) is 15.0. The first kappa shape index (κ1) is 19.8. The van der Waals surface area contributed by atoms with Gasteiger partial charge in [-0.05, 0) is 38.0 Å². The molecule has 3 N–H and O–H groups in total. The number of carbonyl (C=O) groups is 1. The van der Waals surface area contributed by atoms with Crippen LogP contribution in [0.3, 0.4) is 0 Å². The van der Waals surface area contributed by atoms with E-state index in [9.17, 15) is 9.18 Å². The van der Waals surface area contributed by atoms with E-state index in [1.165, 1.54) is 23.5 Å². The smallest absolute Gasteiger partial charge is 0.263 e. The fourth-order valence-corrected chi connectivity index (χ4v) is 3.01. The lowest BCUT2D eigenvalue weighted by molar-refractivity contribution is 0.0957. The Morgan fingerprint density at radius 3 is 2.77 bits per heavy atom. The number of aromatic nitrogens is 1. The Morgan fingerprint density at radius 1 is 1.27 bits per heavy atom. The summed E-state index contributed by atoms with van der Waals surface area (Å²) < 4.78 is 13.2. The molecular formula is C18H24FN5OS. The van der Waals surface area contributed by atoms with Crippen molar-refractivity contribution < 1.29 is 9.18 Å². The number of thiazole rings is 1. The monoisotopic (exact) mass is 377 g/mol. The maximum Gasteiger partial charge on any atom is 0.263 e. The Hall–Kier alpha value is -2.48. The van der Waals surface area contributed by atoms with Crippen LogP contribution in [-0.4, -0.2) is 43.0 Å². The van der Waals surface area contributed by atoms with Gasteiger partial charge in [0.25, 0.3) is 5.91 Å². The van der Waals surface area contributed by atoms with Crippen LogP contribution in [0, 0.1) is 12.7 Å². The fraction of sp³-hybridized carbons (Fsp3) is 0.389. The average Bonchev–Trinajstić information content (AvgIpc) is 3.04. The molecule has 0 unspecified atom stereocenters. The van der Waals surface area contributed by atoms with Crippen molar-refractivity contribution in [3.63, 3.8) is 0 Å². The van der Waals surface area contributed by atoms with Gasteiger partial charge >= 0.3 is 0 Å². The molecule has 0 aliphatic carbocycles. The quantitative estimate of drug-likeness (QED) is 0.374. The third kappa shape index (κ3) is 6.44. The summed E-state index contributed by atoms with van der Waals surface area (Å²) in [5, 5.41) is 9.18. The number of amides is 1. The Labute approximate surface area is 157 Å². The Bertz CT molecular complexity index is 747.